The van der Waals surface area contributed by atoms with Crippen LogP contribution >= 0.6 is 0 Å². The predicted octanol–water partition coefficient (Wildman–Crippen LogP) is 1.47. The molecule has 0 fully saturated rings. The van der Waals surface area contributed by atoms with Gasteiger partial charge in [-0.15, -0.1) is 0 Å². The largest absolute Gasteiger partial charge is 0.464 e. The lowest BCUT2D eigenvalue weighted by Crippen LogP contribution is -2.35. The van der Waals surface area contributed by atoms with Gasteiger partial charge in [0, 0.05) is 6.42 Å². The Morgan fingerprint density at radius 1 is 1.57 bits per heavy atom. The third-order valence-electron chi connectivity index (χ3n) is 2.00. The van der Waals surface area contributed by atoms with Crippen molar-refractivity contribution in [2.45, 2.75) is 25.3 Å². The average Bonchev–Trinajstić information content (AvgIpc) is 2.64. The Kier molecular flexibility index (Phi) is 3.23. The van der Waals surface area contributed by atoms with E-state index in [9.17, 15) is 8.78 Å². The van der Waals surface area contributed by atoms with Crippen molar-refractivity contribution in [3.8, 4) is 0 Å². The summed E-state index contributed by atoms with van der Waals surface area (Å²) in [5, 5.41) is 8.42. The van der Waals surface area contributed by atoms with Crippen LogP contribution in [0.3, 0.4) is 0 Å². The van der Waals surface area contributed by atoms with E-state index in [1.807, 2.05) is 6.92 Å². The molecular weight excluding hydrogens is 192 g/mol. The fourth-order valence-electron chi connectivity index (χ4n) is 1.06. The van der Waals surface area contributed by atoms with E-state index in [-0.39, 0.29) is 5.76 Å². The van der Waals surface area contributed by atoms with Crippen molar-refractivity contribution >= 4 is 0 Å². The maximum atomic E-state index is 12.9. The molecule has 1 atom stereocenters. The van der Waals surface area contributed by atoms with Gasteiger partial charge in [0.1, 0.15) is 24.2 Å². The number of aliphatic hydroxyl groups is 1. The summed E-state index contributed by atoms with van der Waals surface area (Å²) in [6, 6.07) is 1.42. The highest BCUT2D eigenvalue weighted by Crippen LogP contribution is 2.29. The average molecular weight is 205 g/mol. The quantitative estimate of drug-likeness (QED) is 0.782. The van der Waals surface area contributed by atoms with Crippen LogP contribution in [0.4, 0.5) is 8.78 Å². The molecule has 1 heterocycles. The van der Waals surface area contributed by atoms with Crippen LogP contribution in [0, 0.1) is 0 Å². The molecule has 0 unspecified atom stereocenters. The minimum atomic E-state index is -3.34. The highest BCUT2D eigenvalue weighted by atomic mass is 19.3. The minimum Gasteiger partial charge on any atom is -0.464 e. The molecule has 0 aliphatic heterocycles. The van der Waals surface area contributed by atoms with Crippen molar-refractivity contribution in [2.24, 2.45) is 5.73 Å². The molecule has 0 aliphatic carbocycles. The second-order valence-electron chi connectivity index (χ2n) is 3.05. The van der Waals surface area contributed by atoms with E-state index in [1.165, 1.54) is 6.07 Å². The van der Waals surface area contributed by atoms with Gasteiger partial charge in [-0.25, -0.2) is 8.78 Å². The monoisotopic (exact) mass is 205 g/mol. The molecule has 0 bridgehead atoms. The Bertz CT molecular complexity index is 299. The molecule has 1 rings (SSSR count). The van der Waals surface area contributed by atoms with Crippen LogP contribution < -0.4 is 5.73 Å². The molecule has 0 radical (unpaired) electrons. The second-order valence-corrected chi connectivity index (χ2v) is 3.05. The number of hydrogen-bond acceptors (Lipinski definition) is 3. The van der Waals surface area contributed by atoms with Crippen molar-refractivity contribution in [1.82, 2.24) is 0 Å². The van der Waals surface area contributed by atoms with E-state index in [0.717, 1.165) is 0 Å². The first-order valence-electron chi connectivity index (χ1n) is 4.34. The zero-order valence-corrected chi connectivity index (χ0v) is 7.84. The zero-order chi connectivity index (χ0) is 10.8. The summed E-state index contributed by atoms with van der Waals surface area (Å²) in [4.78, 5) is 0. The highest BCUT2D eigenvalue weighted by molar-refractivity contribution is 5.12. The number of halogens is 2. The number of nitrogens with two attached hydrogens (primary N) is 1. The minimum absolute atomic E-state index is 0.000833. The van der Waals surface area contributed by atoms with Gasteiger partial charge in [-0.2, -0.15) is 0 Å². The second kappa shape index (κ2) is 4.06. The molecule has 0 saturated heterocycles. The van der Waals surface area contributed by atoms with Gasteiger partial charge in [0.05, 0.1) is 0 Å². The SMILES string of the molecule is CCc1ccc([C@H](N)C(F)(F)CO)o1. The Balaban J connectivity index is 2.83. The lowest BCUT2D eigenvalue weighted by Gasteiger charge is -2.19. The van der Waals surface area contributed by atoms with Crippen molar-refractivity contribution < 1.29 is 18.3 Å². The van der Waals surface area contributed by atoms with Gasteiger partial charge in [0.25, 0.3) is 5.92 Å². The molecule has 0 saturated carbocycles. The summed E-state index contributed by atoms with van der Waals surface area (Å²) in [5.74, 6) is -2.74. The van der Waals surface area contributed by atoms with E-state index in [2.05, 4.69) is 0 Å². The summed E-state index contributed by atoms with van der Waals surface area (Å²) in [6.45, 7) is 0.564. The van der Waals surface area contributed by atoms with E-state index in [4.69, 9.17) is 15.3 Å². The third-order valence-corrected chi connectivity index (χ3v) is 2.00. The van der Waals surface area contributed by atoms with Crippen molar-refractivity contribution in [3.63, 3.8) is 0 Å². The van der Waals surface area contributed by atoms with Crippen LogP contribution in [0.15, 0.2) is 16.5 Å². The van der Waals surface area contributed by atoms with Crippen LogP contribution in [-0.4, -0.2) is 17.6 Å². The molecule has 0 spiro atoms. The van der Waals surface area contributed by atoms with Crippen molar-refractivity contribution in [3.05, 3.63) is 23.7 Å². The van der Waals surface area contributed by atoms with Crippen LogP contribution in [0.2, 0.25) is 0 Å². The summed E-state index contributed by atoms with van der Waals surface area (Å²) in [5.41, 5.74) is 5.25. The summed E-state index contributed by atoms with van der Waals surface area (Å²) in [7, 11) is 0. The van der Waals surface area contributed by atoms with E-state index in [1.54, 1.807) is 6.07 Å². The topological polar surface area (TPSA) is 59.4 Å². The van der Waals surface area contributed by atoms with Gasteiger partial charge in [-0.1, -0.05) is 6.92 Å². The lowest BCUT2D eigenvalue weighted by atomic mass is 10.1. The normalized spacial score (nSPS) is 14.4. The summed E-state index contributed by atoms with van der Waals surface area (Å²) < 4.78 is 30.9. The number of aliphatic hydroxyl groups excluding tert-OH is 1. The number of aryl methyl sites for hydroxylation is 1. The first-order valence-corrected chi connectivity index (χ1v) is 4.34. The van der Waals surface area contributed by atoms with Gasteiger partial charge in [0.15, 0.2) is 0 Å². The Morgan fingerprint density at radius 2 is 2.21 bits per heavy atom. The predicted molar refractivity (Wildman–Crippen MR) is 47.0 cm³/mol. The maximum absolute atomic E-state index is 12.9. The molecular formula is C9H13F2NO2. The third kappa shape index (κ3) is 2.10. The fraction of sp³-hybridized carbons (Fsp3) is 0.556. The Labute approximate surface area is 80.5 Å². The van der Waals surface area contributed by atoms with Crippen molar-refractivity contribution in [2.75, 3.05) is 6.61 Å². The smallest absolute Gasteiger partial charge is 0.292 e. The van der Waals surface area contributed by atoms with Gasteiger partial charge < -0.3 is 15.3 Å². The van der Waals surface area contributed by atoms with Crippen LogP contribution in [0.25, 0.3) is 0 Å². The first-order chi connectivity index (χ1) is 6.51. The van der Waals surface area contributed by atoms with E-state index in [0.29, 0.717) is 12.2 Å². The van der Waals surface area contributed by atoms with Gasteiger partial charge in [-0.3, -0.25) is 0 Å². The molecule has 3 nitrogen and oxygen atoms in total. The van der Waals surface area contributed by atoms with Crippen LogP contribution in [-0.2, 0) is 6.42 Å². The van der Waals surface area contributed by atoms with Gasteiger partial charge in [0.2, 0.25) is 0 Å². The van der Waals surface area contributed by atoms with Crippen molar-refractivity contribution in [1.29, 1.82) is 0 Å². The molecule has 5 heteroatoms. The Morgan fingerprint density at radius 3 is 2.64 bits per heavy atom. The number of hydrogen-bond donors (Lipinski definition) is 2. The fourth-order valence-corrected chi connectivity index (χ4v) is 1.06. The van der Waals surface area contributed by atoms with E-state index < -0.39 is 18.6 Å². The number of rotatable bonds is 4. The molecule has 0 amide bonds. The molecule has 1 aromatic heterocycles. The lowest BCUT2D eigenvalue weighted by molar-refractivity contribution is -0.0756. The van der Waals surface area contributed by atoms with Gasteiger partial charge in [-0.05, 0) is 12.1 Å². The molecule has 1 aromatic rings. The molecule has 80 valence electrons. The molecule has 14 heavy (non-hydrogen) atoms. The molecule has 0 aromatic carbocycles. The zero-order valence-electron chi connectivity index (χ0n) is 7.84. The first kappa shape index (κ1) is 11.1. The molecule has 3 N–H and O–H groups in total. The number of furan rings is 1. The Hall–Kier alpha value is -0.940. The molecule has 0 aliphatic rings. The number of alkyl halides is 2. The van der Waals surface area contributed by atoms with Crippen LogP contribution in [0.1, 0.15) is 24.5 Å². The maximum Gasteiger partial charge on any atom is 0.292 e. The summed E-state index contributed by atoms with van der Waals surface area (Å²) in [6.07, 6.45) is 0.622. The highest BCUT2D eigenvalue weighted by Gasteiger charge is 2.39. The van der Waals surface area contributed by atoms with Crippen LogP contribution in [0.5, 0.6) is 0 Å². The standard InChI is InChI=1S/C9H13F2NO2/c1-2-6-3-4-7(14-6)8(12)9(10,11)5-13/h3-4,8,13H,2,5,12H2,1H3/t8-/m0/s1. The summed E-state index contributed by atoms with van der Waals surface area (Å²) >= 11 is 0. The van der Waals surface area contributed by atoms with Gasteiger partial charge >= 0.3 is 0 Å². The van der Waals surface area contributed by atoms with E-state index >= 15 is 0 Å².